The first-order valence-electron chi connectivity index (χ1n) is 9.10. The third kappa shape index (κ3) is 3.64. The molecule has 1 unspecified atom stereocenters. The van der Waals surface area contributed by atoms with E-state index in [1.54, 1.807) is 11.0 Å². The van der Waals surface area contributed by atoms with Crippen LogP contribution in [0.1, 0.15) is 48.2 Å². The molecule has 1 fully saturated rings. The van der Waals surface area contributed by atoms with Gasteiger partial charge in [0.25, 0.3) is 5.91 Å². The molecule has 0 aliphatic carbocycles. The van der Waals surface area contributed by atoms with Crippen molar-refractivity contribution in [2.24, 2.45) is 11.7 Å². The SMILES string of the molecule is CC(C)[C@H](N)CNCc1cccc2c1CN(C1CCC(=O)NC1=O)C2=O. The minimum absolute atomic E-state index is 0.0772. The predicted molar refractivity (Wildman–Crippen MR) is 97.0 cm³/mol. The number of carbonyl (C=O) groups excluding carboxylic acids is 3. The number of fused-ring (bicyclic) bond motifs is 1. The molecule has 0 bridgehead atoms. The monoisotopic (exact) mass is 358 g/mol. The summed E-state index contributed by atoms with van der Waals surface area (Å²) in [6.07, 6.45) is 0.638. The lowest BCUT2D eigenvalue weighted by molar-refractivity contribution is -0.136. The van der Waals surface area contributed by atoms with Gasteiger partial charge in [-0.15, -0.1) is 0 Å². The molecule has 0 spiro atoms. The molecule has 7 nitrogen and oxygen atoms in total. The van der Waals surface area contributed by atoms with Crippen LogP contribution in [0.2, 0.25) is 0 Å². The van der Waals surface area contributed by atoms with Crippen molar-refractivity contribution in [3.8, 4) is 0 Å². The van der Waals surface area contributed by atoms with Crippen LogP contribution in [-0.2, 0) is 22.7 Å². The van der Waals surface area contributed by atoms with E-state index in [4.69, 9.17) is 5.73 Å². The van der Waals surface area contributed by atoms with Crippen LogP contribution < -0.4 is 16.4 Å². The van der Waals surface area contributed by atoms with Crippen LogP contribution in [0.5, 0.6) is 0 Å². The van der Waals surface area contributed by atoms with Gasteiger partial charge in [0.15, 0.2) is 0 Å². The molecule has 2 atom stereocenters. The Morgan fingerprint density at radius 3 is 2.77 bits per heavy atom. The summed E-state index contributed by atoms with van der Waals surface area (Å²) in [7, 11) is 0. The molecule has 1 saturated heterocycles. The number of hydrogen-bond acceptors (Lipinski definition) is 5. The summed E-state index contributed by atoms with van der Waals surface area (Å²) in [6, 6.07) is 5.15. The minimum Gasteiger partial charge on any atom is -0.326 e. The molecule has 0 saturated carbocycles. The average molecular weight is 358 g/mol. The molecule has 26 heavy (non-hydrogen) atoms. The standard InChI is InChI=1S/C19H26N4O3/c1-11(2)15(20)9-21-8-12-4-3-5-13-14(12)10-23(19(13)26)16-6-7-17(24)22-18(16)25/h3-5,11,15-16,21H,6-10,20H2,1-2H3,(H,22,24,25)/t15-,16?/m1/s1. The highest BCUT2D eigenvalue weighted by Crippen LogP contribution is 2.29. The zero-order chi connectivity index (χ0) is 18.8. The zero-order valence-corrected chi connectivity index (χ0v) is 15.2. The van der Waals surface area contributed by atoms with Gasteiger partial charge in [0, 0.05) is 37.7 Å². The van der Waals surface area contributed by atoms with E-state index >= 15 is 0 Å². The molecule has 0 radical (unpaired) electrons. The molecule has 1 aromatic rings. The molecule has 2 aliphatic heterocycles. The van der Waals surface area contributed by atoms with Gasteiger partial charge in [0.1, 0.15) is 6.04 Å². The Hall–Kier alpha value is -2.25. The fraction of sp³-hybridized carbons (Fsp3) is 0.526. The van der Waals surface area contributed by atoms with E-state index in [1.165, 1.54) is 0 Å². The van der Waals surface area contributed by atoms with Crippen LogP contribution in [0.15, 0.2) is 18.2 Å². The third-order valence-corrected chi connectivity index (χ3v) is 5.23. The van der Waals surface area contributed by atoms with Gasteiger partial charge in [-0.3, -0.25) is 19.7 Å². The second kappa shape index (κ2) is 7.55. The van der Waals surface area contributed by atoms with Crippen molar-refractivity contribution >= 4 is 17.7 Å². The molecule has 7 heteroatoms. The van der Waals surface area contributed by atoms with Gasteiger partial charge in [0.05, 0.1) is 0 Å². The third-order valence-electron chi connectivity index (χ3n) is 5.23. The van der Waals surface area contributed by atoms with E-state index in [2.05, 4.69) is 24.5 Å². The van der Waals surface area contributed by atoms with Gasteiger partial charge >= 0.3 is 0 Å². The molecule has 4 N–H and O–H groups in total. The Labute approximate surface area is 153 Å². The summed E-state index contributed by atoms with van der Waals surface area (Å²) in [6.45, 7) is 5.90. The molecular weight excluding hydrogens is 332 g/mol. The van der Waals surface area contributed by atoms with Gasteiger partial charge in [-0.2, -0.15) is 0 Å². The number of nitrogens with zero attached hydrogens (tertiary/aromatic N) is 1. The average Bonchev–Trinajstić information content (AvgIpc) is 2.92. The van der Waals surface area contributed by atoms with Crippen molar-refractivity contribution < 1.29 is 14.4 Å². The van der Waals surface area contributed by atoms with Gasteiger partial charge in [-0.05, 0) is 29.5 Å². The van der Waals surface area contributed by atoms with E-state index < -0.39 is 6.04 Å². The molecule has 0 aromatic heterocycles. The highest BCUT2D eigenvalue weighted by molar-refractivity contribution is 6.05. The Morgan fingerprint density at radius 1 is 1.31 bits per heavy atom. The number of amides is 3. The number of imide groups is 1. The second-order valence-electron chi connectivity index (χ2n) is 7.38. The van der Waals surface area contributed by atoms with E-state index in [0.29, 0.717) is 37.5 Å². The summed E-state index contributed by atoms with van der Waals surface area (Å²) in [5.41, 5.74) is 8.70. The van der Waals surface area contributed by atoms with Crippen molar-refractivity contribution in [3.05, 3.63) is 34.9 Å². The highest BCUT2D eigenvalue weighted by Gasteiger charge is 2.39. The number of hydrogen-bond donors (Lipinski definition) is 3. The molecular formula is C19H26N4O3. The maximum Gasteiger partial charge on any atom is 0.255 e. The van der Waals surface area contributed by atoms with Crippen molar-refractivity contribution in [1.82, 2.24) is 15.5 Å². The number of nitrogens with two attached hydrogens (primary N) is 1. The van der Waals surface area contributed by atoms with Crippen LogP contribution >= 0.6 is 0 Å². The Kier molecular flexibility index (Phi) is 5.38. The quantitative estimate of drug-likeness (QED) is 0.643. The number of carbonyl (C=O) groups is 3. The lowest BCUT2D eigenvalue weighted by Crippen LogP contribution is -2.52. The second-order valence-corrected chi connectivity index (χ2v) is 7.38. The van der Waals surface area contributed by atoms with Crippen LogP contribution in [0.4, 0.5) is 0 Å². The van der Waals surface area contributed by atoms with Crippen molar-refractivity contribution in [2.75, 3.05) is 6.54 Å². The minimum atomic E-state index is -0.581. The largest absolute Gasteiger partial charge is 0.326 e. The summed E-state index contributed by atoms with van der Waals surface area (Å²) in [5.74, 6) is -0.407. The predicted octanol–water partition coefficient (Wildman–Crippen LogP) is 0.521. The summed E-state index contributed by atoms with van der Waals surface area (Å²) in [5, 5.41) is 5.69. The molecule has 3 rings (SSSR count). The zero-order valence-electron chi connectivity index (χ0n) is 15.2. The first kappa shape index (κ1) is 18.5. The van der Waals surface area contributed by atoms with Crippen molar-refractivity contribution in [3.63, 3.8) is 0 Å². The fourth-order valence-electron chi connectivity index (χ4n) is 3.42. The van der Waals surface area contributed by atoms with Crippen LogP contribution in [0, 0.1) is 5.92 Å². The van der Waals surface area contributed by atoms with Gasteiger partial charge in [-0.1, -0.05) is 26.0 Å². The summed E-state index contributed by atoms with van der Waals surface area (Å²) in [4.78, 5) is 37.8. The van der Waals surface area contributed by atoms with E-state index in [0.717, 1.165) is 11.1 Å². The normalized spacial score (nSPS) is 21.2. The number of piperidine rings is 1. The summed E-state index contributed by atoms with van der Waals surface area (Å²) >= 11 is 0. The molecule has 140 valence electrons. The van der Waals surface area contributed by atoms with Crippen LogP contribution in [-0.4, -0.2) is 41.2 Å². The first-order chi connectivity index (χ1) is 12.4. The molecule has 3 amide bonds. The fourth-order valence-corrected chi connectivity index (χ4v) is 3.42. The number of nitrogens with one attached hydrogen (secondary N) is 2. The summed E-state index contributed by atoms with van der Waals surface area (Å²) < 4.78 is 0. The Bertz CT molecular complexity index is 731. The van der Waals surface area contributed by atoms with Gasteiger partial charge < -0.3 is 16.0 Å². The lowest BCUT2D eigenvalue weighted by Gasteiger charge is -2.29. The van der Waals surface area contributed by atoms with Gasteiger partial charge in [0.2, 0.25) is 11.8 Å². The Balaban J connectivity index is 1.71. The smallest absolute Gasteiger partial charge is 0.255 e. The maximum absolute atomic E-state index is 12.8. The molecule has 1 aromatic carbocycles. The first-order valence-corrected chi connectivity index (χ1v) is 9.10. The van der Waals surface area contributed by atoms with Gasteiger partial charge in [-0.25, -0.2) is 0 Å². The van der Waals surface area contributed by atoms with E-state index in [-0.39, 0.29) is 30.2 Å². The lowest BCUT2D eigenvalue weighted by atomic mass is 10.0. The maximum atomic E-state index is 12.8. The van der Waals surface area contributed by atoms with Crippen molar-refractivity contribution in [2.45, 2.75) is 51.9 Å². The Morgan fingerprint density at radius 2 is 2.08 bits per heavy atom. The molecule has 2 heterocycles. The van der Waals surface area contributed by atoms with Crippen LogP contribution in [0.3, 0.4) is 0 Å². The van der Waals surface area contributed by atoms with Crippen LogP contribution in [0.25, 0.3) is 0 Å². The number of rotatable bonds is 6. The highest BCUT2D eigenvalue weighted by atomic mass is 16.2. The van der Waals surface area contributed by atoms with Crippen molar-refractivity contribution in [1.29, 1.82) is 0 Å². The number of benzene rings is 1. The van der Waals surface area contributed by atoms with E-state index in [1.807, 2.05) is 12.1 Å². The van der Waals surface area contributed by atoms with E-state index in [9.17, 15) is 14.4 Å². The topological polar surface area (TPSA) is 105 Å². The molecule has 2 aliphatic rings.